The van der Waals surface area contributed by atoms with Crippen LogP contribution < -0.4 is 0 Å². The highest BCUT2D eigenvalue weighted by Gasteiger charge is 2.41. The fraction of sp³-hybridized carbons (Fsp3) is 0.909. The van der Waals surface area contributed by atoms with Gasteiger partial charge in [-0.25, -0.2) is 0 Å². The van der Waals surface area contributed by atoms with Crippen molar-refractivity contribution in [3.8, 4) is 0 Å². The maximum Gasteiger partial charge on any atom is 0.189 e. The number of ether oxygens (including phenoxy) is 2. The molecule has 0 saturated carbocycles. The Morgan fingerprint density at radius 1 is 1.19 bits per heavy atom. The first-order valence-electron chi connectivity index (χ1n) is 6.25. The van der Waals surface area contributed by atoms with Crippen molar-refractivity contribution >= 4 is 5.78 Å². The lowest BCUT2D eigenvalue weighted by atomic mass is 10.0. The lowest BCUT2D eigenvalue weighted by Crippen LogP contribution is -2.56. The van der Waals surface area contributed by atoms with E-state index in [9.17, 15) is 30.3 Å². The summed E-state index contributed by atoms with van der Waals surface area (Å²) in [5.41, 5.74) is 0. The van der Waals surface area contributed by atoms with E-state index in [2.05, 4.69) is 0 Å². The maximum atomic E-state index is 11.1. The molecule has 0 spiro atoms. The van der Waals surface area contributed by atoms with E-state index in [0.717, 1.165) is 0 Å². The third-order valence-corrected chi connectivity index (χ3v) is 3.13. The molecule has 7 N–H and O–H groups in total. The molecule has 0 aromatic rings. The van der Waals surface area contributed by atoms with Gasteiger partial charge in [0.25, 0.3) is 0 Å². The van der Waals surface area contributed by atoms with Crippen LogP contribution in [0.5, 0.6) is 0 Å². The second kappa shape index (κ2) is 8.08. The molecule has 7 atom stereocenters. The molecule has 124 valence electrons. The van der Waals surface area contributed by atoms with E-state index in [1.165, 1.54) is 0 Å². The van der Waals surface area contributed by atoms with E-state index in [-0.39, 0.29) is 6.61 Å². The molecule has 1 fully saturated rings. The van der Waals surface area contributed by atoms with E-state index in [4.69, 9.17) is 19.7 Å². The second-order valence-electron chi connectivity index (χ2n) is 4.67. The van der Waals surface area contributed by atoms with Gasteiger partial charge in [0.1, 0.15) is 43.2 Å². The summed E-state index contributed by atoms with van der Waals surface area (Å²) in [6.45, 7) is -2.19. The first-order valence-corrected chi connectivity index (χ1v) is 6.25. The Kier molecular flexibility index (Phi) is 7.06. The molecule has 10 nitrogen and oxygen atoms in total. The standard InChI is InChI=1S/C11H20O10/c12-1-4(14)7(16)9(18)6(2-13)21-11-10(19)8(17)5(15)3-20-11/h5-13,15-19H,1-3H2/t5-,6-,7+,8+,9-,10-,11+/m1/s1. The van der Waals surface area contributed by atoms with E-state index in [1.54, 1.807) is 0 Å². The van der Waals surface area contributed by atoms with Gasteiger partial charge < -0.3 is 45.2 Å². The van der Waals surface area contributed by atoms with Crippen LogP contribution in [-0.2, 0) is 14.3 Å². The highest BCUT2D eigenvalue weighted by atomic mass is 16.7. The van der Waals surface area contributed by atoms with Crippen LogP contribution in [0.2, 0.25) is 0 Å². The number of ketones is 1. The van der Waals surface area contributed by atoms with Gasteiger partial charge >= 0.3 is 0 Å². The number of hydrogen-bond donors (Lipinski definition) is 7. The van der Waals surface area contributed by atoms with Crippen molar-refractivity contribution in [2.45, 2.75) is 42.9 Å². The maximum absolute atomic E-state index is 11.1. The molecule has 0 aromatic heterocycles. The van der Waals surface area contributed by atoms with E-state index < -0.39 is 61.9 Å². The molecule has 21 heavy (non-hydrogen) atoms. The topological polar surface area (TPSA) is 177 Å². The van der Waals surface area contributed by atoms with Gasteiger partial charge in [0, 0.05) is 0 Å². The lowest BCUT2D eigenvalue weighted by molar-refractivity contribution is -0.295. The minimum absolute atomic E-state index is 0.352. The summed E-state index contributed by atoms with van der Waals surface area (Å²) >= 11 is 0. The Hall–Kier alpha value is -0.690. The number of rotatable bonds is 7. The molecule has 0 unspecified atom stereocenters. The Morgan fingerprint density at radius 3 is 2.33 bits per heavy atom. The smallest absolute Gasteiger partial charge is 0.189 e. The van der Waals surface area contributed by atoms with Crippen molar-refractivity contribution in [2.24, 2.45) is 0 Å². The van der Waals surface area contributed by atoms with Crippen LogP contribution in [0.3, 0.4) is 0 Å². The predicted octanol–water partition coefficient (Wildman–Crippen LogP) is -4.91. The summed E-state index contributed by atoms with van der Waals surface area (Å²) in [4.78, 5) is 11.1. The fourth-order valence-electron chi connectivity index (χ4n) is 1.79. The van der Waals surface area contributed by atoms with Gasteiger partial charge in [-0.1, -0.05) is 0 Å². The molecule has 0 amide bonds. The van der Waals surface area contributed by atoms with Crippen molar-refractivity contribution < 1.29 is 50.0 Å². The largest absolute Gasteiger partial charge is 0.394 e. The van der Waals surface area contributed by atoms with Gasteiger partial charge in [-0.2, -0.15) is 0 Å². The highest BCUT2D eigenvalue weighted by Crippen LogP contribution is 2.19. The Labute approximate surface area is 119 Å². The molecule has 0 radical (unpaired) electrons. The zero-order valence-electron chi connectivity index (χ0n) is 11.0. The van der Waals surface area contributed by atoms with Gasteiger partial charge in [-0.3, -0.25) is 4.79 Å². The van der Waals surface area contributed by atoms with Gasteiger partial charge in [-0.15, -0.1) is 0 Å². The van der Waals surface area contributed by atoms with Crippen LogP contribution in [0.4, 0.5) is 0 Å². The van der Waals surface area contributed by atoms with Crippen molar-refractivity contribution in [3.05, 3.63) is 0 Å². The SMILES string of the molecule is O=C(CO)[C@H](O)[C@H](O)[C@@H](CO)O[C@@H]1OC[C@@H](O)[C@H](O)[C@H]1O. The Balaban J connectivity index is 2.67. The molecule has 0 aliphatic carbocycles. The number of carbonyl (C=O) groups is 1. The van der Waals surface area contributed by atoms with Crippen molar-refractivity contribution in [2.75, 3.05) is 19.8 Å². The highest BCUT2D eigenvalue weighted by molar-refractivity contribution is 5.84. The molecule has 10 heteroatoms. The zero-order valence-corrected chi connectivity index (χ0v) is 11.0. The summed E-state index contributed by atoms with van der Waals surface area (Å²) in [5.74, 6) is -1.08. The summed E-state index contributed by atoms with van der Waals surface area (Å²) in [7, 11) is 0. The van der Waals surface area contributed by atoms with Crippen molar-refractivity contribution in [1.29, 1.82) is 0 Å². The number of carbonyl (C=O) groups excluding carboxylic acids is 1. The zero-order chi connectivity index (χ0) is 16.2. The van der Waals surface area contributed by atoms with Crippen LogP contribution in [0.15, 0.2) is 0 Å². The van der Waals surface area contributed by atoms with Crippen LogP contribution in [0, 0.1) is 0 Å². The second-order valence-corrected chi connectivity index (χ2v) is 4.67. The first kappa shape index (κ1) is 18.4. The van der Waals surface area contributed by atoms with E-state index >= 15 is 0 Å². The Morgan fingerprint density at radius 2 is 1.81 bits per heavy atom. The lowest BCUT2D eigenvalue weighted by Gasteiger charge is -2.37. The van der Waals surface area contributed by atoms with Crippen molar-refractivity contribution in [1.82, 2.24) is 0 Å². The van der Waals surface area contributed by atoms with Crippen LogP contribution in [0.25, 0.3) is 0 Å². The van der Waals surface area contributed by atoms with E-state index in [0.29, 0.717) is 0 Å². The average Bonchev–Trinajstić information content (AvgIpc) is 2.49. The third-order valence-electron chi connectivity index (χ3n) is 3.13. The summed E-state index contributed by atoms with van der Waals surface area (Å²) in [6.07, 6.45) is -11.4. The van der Waals surface area contributed by atoms with Crippen LogP contribution in [-0.4, -0.2) is 104 Å². The number of aliphatic hydroxyl groups is 7. The fourth-order valence-corrected chi connectivity index (χ4v) is 1.79. The van der Waals surface area contributed by atoms with Gasteiger partial charge in [0.2, 0.25) is 0 Å². The van der Waals surface area contributed by atoms with Gasteiger partial charge in [-0.05, 0) is 0 Å². The minimum atomic E-state index is -2.00. The summed E-state index contributed by atoms with van der Waals surface area (Å²) < 4.78 is 9.91. The summed E-state index contributed by atoms with van der Waals surface area (Å²) in [6, 6.07) is 0. The minimum Gasteiger partial charge on any atom is -0.394 e. The molecule has 1 aliphatic heterocycles. The molecular weight excluding hydrogens is 292 g/mol. The monoisotopic (exact) mass is 312 g/mol. The average molecular weight is 312 g/mol. The van der Waals surface area contributed by atoms with Gasteiger partial charge in [0.15, 0.2) is 12.1 Å². The van der Waals surface area contributed by atoms with Crippen LogP contribution >= 0.6 is 0 Å². The number of aliphatic hydroxyl groups excluding tert-OH is 7. The molecule has 0 bridgehead atoms. The molecule has 1 saturated heterocycles. The summed E-state index contributed by atoms with van der Waals surface area (Å²) in [5, 5.41) is 65.2. The van der Waals surface area contributed by atoms with Crippen molar-refractivity contribution in [3.63, 3.8) is 0 Å². The number of hydrogen-bond acceptors (Lipinski definition) is 10. The molecular formula is C11H20O10. The molecule has 0 aromatic carbocycles. The molecule has 1 rings (SSSR count). The predicted molar refractivity (Wildman–Crippen MR) is 63.8 cm³/mol. The van der Waals surface area contributed by atoms with Gasteiger partial charge in [0.05, 0.1) is 13.2 Å². The third kappa shape index (κ3) is 4.39. The van der Waals surface area contributed by atoms with E-state index in [1.807, 2.05) is 0 Å². The normalized spacial score (nSPS) is 34.2. The molecule has 1 heterocycles. The quantitative estimate of drug-likeness (QED) is 0.241. The number of Topliss-reactive ketones (excluding diaryl/α,β-unsaturated/α-hetero) is 1. The van der Waals surface area contributed by atoms with Crippen LogP contribution in [0.1, 0.15) is 0 Å². The molecule has 1 aliphatic rings. The first-order chi connectivity index (χ1) is 9.83. The Bertz CT molecular complexity index is 337.